The van der Waals surface area contributed by atoms with Gasteiger partial charge in [-0.1, -0.05) is 13.8 Å². The topological polar surface area (TPSA) is 83.2 Å². The van der Waals surface area contributed by atoms with Crippen molar-refractivity contribution in [2.75, 3.05) is 32.8 Å². The van der Waals surface area contributed by atoms with Crippen molar-refractivity contribution in [3.05, 3.63) is 59.1 Å². The van der Waals surface area contributed by atoms with Gasteiger partial charge in [-0.05, 0) is 63.3 Å². The Hall–Kier alpha value is -3.06. The second-order valence-electron chi connectivity index (χ2n) is 7.43. The molecule has 2 heterocycles. The molecule has 0 aliphatic carbocycles. The largest absolute Gasteiger partial charge is 0.507 e. The summed E-state index contributed by atoms with van der Waals surface area (Å²) in [6.07, 6.45) is 0. The van der Waals surface area contributed by atoms with Gasteiger partial charge in [0.2, 0.25) is 0 Å². The fraction of sp³-hybridized carbons (Fsp3) is 0.417. The number of rotatable bonds is 9. The van der Waals surface area contributed by atoms with E-state index < -0.39 is 17.7 Å². The highest BCUT2D eigenvalue weighted by molar-refractivity contribution is 6.46. The third-order valence-corrected chi connectivity index (χ3v) is 5.56. The van der Waals surface area contributed by atoms with Crippen LogP contribution in [-0.2, 0) is 9.59 Å². The van der Waals surface area contributed by atoms with Gasteiger partial charge in [-0.3, -0.25) is 9.59 Å². The van der Waals surface area contributed by atoms with Gasteiger partial charge in [0.05, 0.1) is 12.2 Å². The van der Waals surface area contributed by atoms with Crippen LogP contribution in [0.4, 0.5) is 0 Å². The molecule has 1 saturated heterocycles. The Balaban J connectivity index is 2.03. The quantitative estimate of drug-likeness (QED) is 0.374. The van der Waals surface area contributed by atoms with E-state index in [1.807, 2.05) is 6.92 Å². The van der Waals surface area contributed by atoms with Gasteiger partial charge >= 0.3 is 0 Å². The minimum atomic E-state index is -0.768. The van der Waals surface area contributed by atoms with E-state index in [1.54, 1.807) is 43.3 Å². The van der Waals surface area contributed by atoms with Crippen LogP contribution in [0.5, 0.6) is 5.75 Å². The van der Waals surface area contributed by atoms with Crippen molar-refractivity contribution in [1.29, 1.82) is 0 Å². The summed E-state index contributed by atoms with van der Waals surface area (Å²) in [7, 11) is 0. The van der Waals surface area contributed by atoms with Crippen LogP contribution in [0.15, 0.2) is 46.4 Å². The fourth-order valence-corrected chi connectivity index (χ4v) is 3.83. The van der Waals surface area contributed by atoms with Crippen LogP contribution in [0.3, 0.4) is 0 Å². The lowest BCUT2D eigenvalue weighted by Crippen LogP contribution is -2.37. The van der Waals surface area contributed by atoms with Crippen LogP contribution in [0.1, 0.15) is 43.9 Å². The number of amides is 1. The van der Waals surface area contributed by atoms with Crippen molar-refractivity contribution in [3.63, 3.8) is 0 Å². The van der Waals surface area contributed by atoms with Crippen LogP contribution in [0.25, 0.3) is 5.76 Å². The predicted octanol–water partition coefficient (Wildman–Crippen LogP) is 3.75. The van der Waals surface area contributed by atoms with Gasteiger partial charge in [-0.15, -0.1) is 0 Å². The number of ketones is 1. The molecular weight excluding hydrogens is 396 g/mol. The lowest BCUT2D eigenvalue weighted by molar-refractivity contribution is -0.140. The number of carbonyl (C=O) groups is 2. The number of nitrogens with zero attached hydrogens (tertiary/aromatic N) is 2. The van der Waals surface area contributed by atoms with Gasteiger partial charge in [0.1, 0.15) is 29.1 Å². The Bertz CT molecular complexity index is 957. The Morgan fingerprint density at radius 3 is 2.32 bits per heavy atom. The molecule has 166 valence electrons. The number of benzene rings is 1. The summed E-state index contributed by atoms with van der Waals surface area (Å²) in [5.74, 6) is 0.250. The van der Waals surface area contributed by atoms with Gasteiger partial charge in [0.15, 0.2) is 0 Å². The van der Waals surface area contributed by atoms with Crippen molar-refractivity contribution in [2.45, 2.75) is 33.7 Å². The van der Waals surface area contributed by atoms with Gasteiger partial charge in [-0.2, -0.15) is 0 Å². The van der Waals surface area contributed by atoms with E-state index in [1.165, 1.54) is 4.90 Å². The lowest BCUT2D eigenvalue weighted by atomic mass is 9.99. The summed E-state index contributed by atoms with van der Waals surface area (Å²) in [6.45, 7) is 11.0. The maximum atomic E-state index is 13.0. The molecule has 1 aromatic heterocycles. The van der Waals surface area contributed by atoms with Gasteiger partial charge in [0, 0.05) is 18.7 Å². The summed E-state index contributed by atoms with van der Waals surface area (Å²) in [5.41, 5.74) is 0.488. The van der Waals surface area contributed by atoms with Crippen molar-refractivity contribution in [1.82, 2.24) is 9.80 Å². The number of ether oxygens (including phenoxy) is 1. The van der Waals surface area contributed by atoms with E-state index in [4.69, 9.17) is 9.15 Å². The van der Waals surface area contributed by atoms with Crippen LogP contribution in [-0.4, -0.2) is 59.4 Å². The molecule has 1 amide bonds. The molecule has 1 fully saturated rings. The molecule has 3 rings (SSSR count). The first kappa shape index (κ1) is 22.6. The van der Waals surface area contributed by atoms with E-state index in [-0.39, 0.29) is 11.3 Å². The van der Waals surface area contributed by atoms with Gasteiger partial charge in [-0.25, -0.2) is 0 Å². The van der Waals surface area contributed by atoms with E-state index in [2.05, 4.69) is 18.7 Å². The lowest BCUT2D eigenvalue weighted by Gasteiger charge is -2.26. The smallest absolute Gasteiger partial charge is 0.295 e. The zero-order valence-electron chi connectivity index (χ0n) is 18.6. The van der Waals surface area contributed by atoms with Crippen LogP contribution < -0.4 is 4.74 Å². The summed E-state index contributed by atoms with van der Waals surface area (Å²) < 4.78 is 11.2. The molecule has 31 heavy (non-hydrogen) atoms. The maximum Gasteiger partial charge on any atom is 0.295 e. The van der Waals surface area contributed by atoms with Crippen molar-refractivity contribution in [3.8, 4) is 5.75 Å². The summed E-state index contributed by atoms with van der Waals surface area (Å²) in [4.78, 5) is 29.6. The molecular formula is C24H30N2O5. The average molecular weight is 427 g/mol. The number of hydrogen-bond donors (Lipinski definition) is 1. The van der Waals surface area contributed by atoms with Gasteiger partial charge < -0.3 is 24.1 Å². The van der Waals surface area contributed by atoms with E-state index in [0.29, 0.717) is 42.5 Å². The molecule has 2 aromatic rings. The number of furan rings is 1. The molecule has 0 bridgehead atoms. The second-order valence-corrected chi connectivity index (χ2v) is 7.43. The summed E-state index contributed by atoms with van der Waals surface area (Å²) in [6, 6.07) is 9.57. The molecule has 1 aliphatic heterocycles. The standard InChI is InChI=1S/C24H30N2O5/c1-5-25(6-2)14-15-26-21(19-13-8-16(4)31-19)20(23(28)24(26)29)22(27)17-9-11-18(12-10-17)30-7-3/h8-13,21,27H,5-7,14-15H2,1-4H3/b22-20+. The molecule has 1 aliphatic rings. The highest BCUT2D eigenvalue weighted by Crippen LogP contribution is 2.40. The molecule has 0 spiro atoms. The first-order valence-corrected chi connectivity index (χ1v) is 10.7. The molecule has 0 saturated carbocycles. The molecule has 1 atom stereocenters. The molecule has 0 radical (unpaired) electrons. The second kappa shape index (κ2) is 9.83. The molecule has 1 N–H and O–H groups in total. The number of carbonyl (C=O) groups excluding carboxylic acids is 2. The number of hydrogen-bond acceptors (Lipinski definition) is 6. The minimum Gasteiger partial charge on any atom is -0.507 e. The number of aliphatic hydroxyl groups is 1. The number of Topliss-reactive ketones (excluding diaryl/α,β-unsaturated/α-hetero) is 1. The Morgan fingerprint density at radius 1 is 1.10 bits per heavy atom. The van der Waals surface area contributed by atoms with Crippen molar-refractivity contribution >= 4 is 17.4 Å². The molecule has 7 heteroatoms. The minimum absolute atomic E-state index is 0.0445. The highest BCUT2D eigenvalue weighted by atomic mass is 16.5. The van der Waals surface area contributed by atoms with Crippen molar-refractivity contribution in [2.24, 2.45) is 0 Å². The zero-order chi connectivity index (χ0) is 22.5. The Morgan fingerprint density at radius 2 is 1.77 bits per heavy atom. The summed E-state index contributed by atoms with van der Waals surface area (Å²) in [5, 5.41) is 11.0. The molecule has 1 unspecified atom stereocenters. The fourth-order valence-electron chi connectivity index (χ4n) is 3.83. The van der Waals surface area contributed by atoms with Crippen molar-refractivity contribution < 1.29 is 23.8 Å². The summed E-state index contributed by atoms with van der Waals surface area (Å²) >= 11 is 0. The SMILES string of the molecule is CCOc1ccc(/C(O)=C2\C(=O)C(=O)N(CCN(CC)CC)C2c2ccc(C)o2)cc1. The van der Waals surface area contributed by atoms with Crippen LogP contribution in [0.2, 0.25) is 0 Å². The van der Waals surface area contributed by atoms with E-state index >= 15 is 0 Å². The average Bonchev–Trinajstić information content (AvgIpc) is 3.30. The van der Waals surface area contributed by atoms with Gasteiger partial charge in [0.25, 0.3) is 11.7 Å². The number of likely N-dealkylation sites (tertiary alicyclic amines) is 1. The highest BCUT2D eigenvalue weighted by Gasteiger charge is 2.47. The molecule has 7 nitrogen and oxygen atoms in total. The number of likely N-dealkylation sites (N-methyl/N-ethyl adjacent to an activating group) is 1. The van der Waals surface area contributed by atoms with Crippen LogP contribution in [0, 0.1) is 6.92 Å². The predicted molar refractivity (Wildman–Crippen MR) is 118 cm³/mol. The normalized spacial score (nSPS) is 18.2. The first-order chi connectivity index (χ1) is 14.9. The number of aryl methyl sites for hydroxylation is 1. The van der Waals surface area contributed by atoms with Crippen LogP contribution >= 0.6 is 0 Å². The first-order valence-electron chi connectivity index (χ1n) is 10.7. The third-order valence-electron chi connectivity index (χ3n) is 5.56. The molecule has 1 aromatic carbocycles. The third kappa shape index (κ3) is 4.66. The Kier molecular flexibility index (Phi) is 7.17. The zero-order valence-corrected chi connectivity index (χ0v) is 18.6. The number of aliphatic hydroxyl groups excluding tert-OH is 1. The van der Waals surface area contributed by atoms with E-state index in [9.17, 15) is 14.7 Å². The Labute approximate surface area is 182 Å². The maximum absolute atomic E-state index is 13.0. The monoisotopic (exact) mass is 426 g/mol. The van der Waals surface area contributed by atoms with E-state index in [0.717, 1.165) is 13.1 Å².